The van der Waals surface area contributed by atoms with Crippen molar-refractivity contribution in [1.82, 2.24) is 5.43 Å². The number of aromatic hydroxyl groups is 1. The number of halogens is 2. The molecule has 4 aromatic carbocycles. The Hall–Kier alpha value is -3.17. The van der Waals surface area contributed by atoms with E-state index in [2.05, 4.69) is 61.8 Å². The first-order chi connectivity index (χ1) is 16.5. The third kappa shape index (κ3) is 5.48. The van der Waals surface area contributed by atoms with Gasteiger partial charge >= 0.3 is 0 Å². The van der Waals surface area contributed by atoms with Crippen molar-refractivity contribution in [2.75, 3.05) is 0 Å². The fourth-order valence-electron chi connectivity index (χ4n) is 3.36. The molecular weight excluding hydrogens is 656 g/mol. The largest absolute Gasteiger partial charge is 0.507 e. The summed E-state index contributed by atoms with van der Waals surface area (Å²) in [6.07, 6.45) is 1.51. The molecule has 0 aliphatic heterocycles. The highest BCUT2D eigenvalue weighted by molar-refractivity contribution is 14.1. The SMILES string of the molecule is N#Cc1ccccc1COc1c(I)cc(I)cc1C=NNC(=O)c1cc2ccccc2cc1O. The highest BCUT2D eigenvalue weighted by atomic mass is 127. The molecular formula is C26H17I2N3O3. The Morgan fingerprint density at radius 1 is 1.06 bits per heavy atom. The van der Waals surface area contributed by atoms with Crippen LogP contribution >= 0.6 is 45.2 Å². The second-order valence-electron chi connectivity index (χ2n) is 7.28. The van der Waals surface area contributed by atoms with Crippen molar-refractivity contribution >= 4 is 68.1 Å². The molecule has 4 rings (SSSR count). The van der Waals surface area contributed by atoms with E-state index < -0.39 is 5.91 Å². The van der Waals surface area contributed by atoms with Gasteiger partial charge in [0.15, 0.2) is 0 Å². The molecule has 0 bridgehead atoms. The normalized spacial score (nSPS) is 10.9. The van der Waals surface area contributed by atoms with Crippen molar-refractivity contribution in [3.8, 4) is 17.6 Å². The van der Waals surface area contributed by atoms with Crippen LogP contribution in [0.5, 0.6) is 11.5 Å². The Morgan fingerprint density at radius 2 is 1.76 bits per heavy atom. The first kappa shape index (κ1) is 24.0. The maximum Gasteiger partial charge on any atom is 0.275 e. The third-order valence-electron chi connectivity index (χ3n) is 5.03. The van der Waals surface area contributed by atoms with Gasteiger partial charge in [-0.25, -0.2) is 5.43 Å². The Morgan fingerprint density at radius 3 is 2.53 bits per heavy atom. The Labute approximate surface area is 223 Å². The van der Waals surface area contributed by atoms with E-state index in [9.17, 15) is 15.2 Å². The van der Waals surface area contributed by atoms with Crippen LogP contribution in [0.25, 0.3) is 10.8 Å². The van der Waals surface area contributed by atoms with Gasteiger partial charge < -0.3 is 9.84 Å². The van der Waals surface area contributed by atoms with Crippen molar-refractivity contribution in [2.45, 2.75) is 6.61 Å². The van der Waals surface area contributed by atoms with Gasteiger partial charge in [-0.05, 0) is 86.3 Å². The molecule has 0 fully saturated rings. The zero-order chi connectivity index (χ0) is 24.1. The van der Waals surface area contributed by atoms with Crippen LogP contribution in [-0.2, 0) is 6.61 Å². The van der Waals surface area contributed by atoms with Gasteiger partial charge in [0.05, 0.1) is 27.0 Å². The molecule has 0 saturated carbocycles. The predicted molar refractivity (Wildman–Crippen MR) is 148 cm³/mol. The van der Waals surface area contributed by atoms with E-state index in [1.165, 1.54) is 6.21 Å². The summed E-state index contributed by atoms with van der Waals surface area (Å²) in [5.41, 5.74) is 4.63. The smallest absolute Gasteiger partial charge is 0.275 e. The van der Waals surface area contributed by atoms with Crippen LogP contribution in [0, 0.1) is 18.5 Å². The molecule has 34 heavy (non-hydrogen) atoms. The minimum absolute atomic E-state index is 0.115. The minimum atomic E-state index is -0.523. The second kappa shape index (κ2) is 10.8. The van der Waals surface area contributed by atoms with Crippen LogP contribution in [0.4, 0.5) is 0 Å². The van der Waals surface area contributed by atoms with Gasteiger partial charge in [0.2, 0.25) is 0 Å². The average Bonchev–Trinajstić information content (AvgIpc) is 2.83. The Kier molecular flexibility index (Phi) is 7.64. The molecule has 0 radical (unpaired) electrons. The van der Waals surface area contributed by atoms with Crippen LogP contribution in [0.1, 0.15) is 27.0 Å². The van der Waals surface area contributed by atoms with Gasteiger partial charge in [-0.3, -0.25) is 4.79 Å². The summed E-state index contributed by atoms with van der Waals surface area (Å²) in [5.74, 6) is -0.0408. The summed E-state index contributed by atoms with van der Waals surface area (Å²) >= 11 is 4.38. The number of phenols is 1. The number of rotatable bonds is 6. The molecule has 0 heterocycles. The van der Waals surface area contributed by atoms with E-state index in [1.54, 1.807) is 18.2 Å². The molecule has 0 aromatic heterocycles. The highest BCUT2D eigenvalue weighted by Gasteiger charge is 2.13. The number of phenolic OH excluding ortho intramolecular Hbond substituents is 1. The van der Waals surface area contributed by atoms with Crippen molar-refractivity contribution in [3.05, 3.63) is 102 Å². The molecule has 2 N–H and O–H groups in total. The monoisotopic (exact) mass is 673 g/mol. The Bertz CT molecular complexity index is 1460. The van der Waals surface area contributed by atoms with Crippen LogP contribution in [0.2, 0.25) is 0 Å². The van der Waals surface area contributed by atoms with Gasteiger partial charge in [0.25, 0.3) is 5.91 Å². The average molecular weight is 673 g/mol. The predicted octanol–water partition coefficient (Wildman–Crippen LogP) is 5.97. The van der Waals surface area contributed by atoms with Crippen molar-refractivity contribution in [3.63, 3.8) is 0 Å². The summed E-state index contributed by atoms with van der Waals surface area (Å²) in [5, 5.41) is 25.4. The van der Waals surface area contributed by atoms with Crippen molar-refractivity contribution in [2.24, 2.45) is 5.10 Å². The zero-order valence-electron chi connectivity index (χ0n) is 17.6. The van der Waals surface area contributed by atoms with Crippen LogP contribution in [0.15, 0.2) is 77.9 Å². The quantitative estimate of drug-likeness (QED) is 0.150. The van der Waals surface area contributed by atoms with E-state index in [0.29, 0.717) is 16.9 Å². The molecule has 1 amide bonds. The lowest BCUT2D eigenvalue weighted by Crippen LogP contribution is -2.18. The number of hydrogen-bond donors (Lipinski definition) is 2. The van der Waals surface area contributed by atoms with Gasteiger partial charge in [-0.15, -0.1) is 0 Å². The Balaban J connectivity index is 1.54. The summed E-state index contributed by atoms with van der Waals surface area (Å²) in [6, 6.07) is 24.0. The van der Waals surface area contributed by atoms with E-state index in [0.717, 1.165) is 23.5 Å². The number of nitrogens with zero attached hydrogens (tertiary/aromatic N) is 2. The summed E-state index contributed by atoms with van der Waals surface area (Å²) in [7, 11) is 0. The van der Waals surface area contributed by atoms with Gasteiger partial charge in [-0.2, -0.15) is 10.4 Å². The van der Waals surface area contributed by atoms with Crippen LogP contribution < -0.4 is 10.2 Å². The molecule has 6 nitrogen and oxygen atoms in total. The van der Waals surface area contributed by atoms with Gasteiger partial charge in [0.1, 0.15) is 18.1 Å². The number of nitrogens with one attached hydrogen (secondary N) is 1. The van der Waals surface area contributed by atoms with Crippen LogP contribution in [0.3, 0.4) is 0 Å². The number of ether oxygens (including phenoxy) is 1. The number of carbonyl (C=O) groups excluding carboxylic acids is 1. The lowest BCUT2D eigenvalue weighted by atomic mass is 10.1. The number of hydrazone groups is 1. The molecule has 0 aliphatic carbocycles. The van der Waals surface area contributed by atoms with Crippen molar-refractivity contribution < 1.29 is 14.6 Å². The first-order valence-electron chi connectivity index (χ1n) is 10.1. The van der Waals surface area contributed by atoms with Crippen LogP contribution in [-0.4, -0.2) is 17.2 Å². The lowest BCUT2D eigenvalue weighted by Gasteiger charge is -2.13. The molecule has 0 aliphatic rings. The van der Waals surface area contributed by atoms with Gasteiger partial charge in [0, 0.05) is 14.7 Å². The number of nitriles is 1. The molecule has 0 atom stereocenters. The number of benzene rings is 4. The standard InChI is InChI=1S/C26H17I2N3O3/c27-21-9-20(25(23(28)12-21)34-15-19-8-4-3-7-18(19)13-29)14-30-31-26(33)22-10-16-5-1-2-6-17(16)11-24(22)32/h1-12,14,32H,15H2,(H,31,33). The van der Waals surface area contributed by atoms with E-state index in [4.69, 9.17) is 4.74 Å². The first-order valence-corrected chi connectivity index (χ1v) is 12.3. The molecule has 168 valence electrons. The summed E-state index contributed by atoms with van der Waals surface area (Å²) in [4.78, 5) is 12.6. The highest BCUT2D eigenvalue weighted by Crippen LogP contribution is 2.29. The molecule has 0 saturated heterocycles. The van der Waals surface area contributed by atoms with Crippen molar-refractivity contribution in [1.29, 1.82) is 5.26 Å². The molecule has 0 unspecified atom stereocenters. The maximum absolute atomic E-state index is 12.6. The fourth-order valence-corrected chi connectivity index (χ4v) is 5.41. The maximum atomic E-state index is 12.6. The summed E-state index contributed by atoms with van der Waals surface area (Å²) < 4.78 is 7.91. The van der Waals surface area contributed by atoms with E-state index >= 15 is 0 Å². The fraction of sp³-hybridized carbons (Fsp3) is 0.0385. The lowest BCUT2D eigenvalue weighted by molar-refractivity contribution is 0.0952. The van der Waals surface area contributed by atoms with E-state index in [1.807, 2.05) is 54.6 Å². The number of carbonyl (C=O) groups is 1. The minimum Gasteiger partial charge on any atom is -0.507 e. The molecule has 4 aromatic rings. The number of fused-ring (bicyclic) bond motifs is 1. The number of amides is 1. The van der Waals surface area contributed by atoms with Gasteiger partial charge in [-0.1, -0.05) is 42.5 Å². The molecule has 0 spiro atoms. The summed E-state index contributed by atoms with van der Waals surface area (Å²) in [6.45, 7) is 0.221. The third-order valence-corrected chi connectivity index (χ3v) is 6.45. The second-order valence-corrected chi connectivity index (χ2v) is 9.69. The van der Waals surface area contributed by atoms with E-state index in [-0.39, 0.29) is 17.9 Å². The zero-order valence-corrected chi connectivity index (χ0v) is 21.9. The number of hydrogen-bond acceptors (Lipinski definition) is 5. The molecule has 8 heteroatoms. The topological polar surface area (TPSA) is 94.7 Å².